The largest absolute Gasteiger partial charge is 0.504 e. The molecule has 1 aromatic carbocycles. The van der Waals surface area contributed by atoms with Gasteiger partial charge in [0.1, 0.15) is 0 Å². The third kappa shape index (κ3) is 14.6. The van der Waals surface area contributed by atoms with Crippen LogP contribution in [0.2, 0.25) is 0 Å². The summed E-state index contributed by atoms with van der Waals surface area (Å²) in [6.45, 7) is 8.60. The number of hydrogen-bond acceptors (Lipinski definition) is 4. The van der Waals surface area contributed by atoms with Gasteiger partial charge in [-0.05, 0) is 31.4 Å². The van der Waals surface area contributed by atoms with Crippen LogP contribution in [-0.2, 0) is 0 Å². The van der Waals surface area contributed by atoms with Gasteiger partial charge in [-0.25, -0.2) is 0 Å². The molecule has 0 saturated heterocycles. The summed E-state index contributed by atoms with van der Waals surface area (Å²) in [7, 11) is 0. The van der Waals surface area contributed by atoms with E-state index < -0.39 is 0 Å². The fourth-order valence-corrected chi connectivity index (χ4v) is 4.10. The van der Waals surface area contributed by atoms with E-state index in [1.807, 2.05) is 6.07 Å². The molecule has 34 heavy (non-hydrogen) atoms. The Morgan fingerprint density at radius 1 is 0.471 bits per heavy atom. The molecule has 0 spiro atoms. The highest BCUT2D eigenvalue weighted by molar-refractivity contribution is 5.58. The molecule has 1 aromatic rings. The van der Waals surface area contributed by atoms with Crippen molar-refractivity contribution >= 4 is 0 Å². The van der Waals surface area contributed by atoms with Crippen LogP contribution in [0.3, 0.4) is 0 Å². The third-order valence-electron chi connectivity index (χ3n) is 6.30. The molecule has 0 saturated carbocycles. The highest BCUT2D eigenvalue weighted by Crippen LogP contribution is 2.44. The summed E-state index contributed by atoms with van der Waals surface area (Å²) < 4.78 is 18.3. The first kappa shape index (κ1) is 30.5. The number of phenols is 1. The topological polar surface area (TPSA) is 47.9 Å². The monoisotopic (exact) mass is 478 g/mol. The van der Waals surface area contributed by atoms with Gasteiger partial charge < -0.3 is 19.3 Å². The Hall–Kier alpha value is -1.58. The second kappa shape index (κ2) is 21.9. The molecule has 4 nitrogen and oxygen atoms in total. The van der Waals surface area contributed by atoms with Gasteiger partial charge in [-0.15, -0.1) is 0 Å². The number of hydrogen-bond donors (Lipinski definition) is 1. The third-order valence-corrected chi connectivity index (χ3v) is 6.30. The summed E-state index contributed by atoms with van der Waals surface area (Å²) in [5, 5.41) is 10.5. The Labute approximate surface area is 210 Å². The smallest absolute Gasteiger partial charge is 0.207 e. The molecule has 0 aliphatic rings. The van der Waals surface area contributed by atoms with E-state index in [9.17, 15) is 5.11 Å². The van der Waals surface area contributed by atoms with E-state index >= 15 is 0 Å². The fourth-order valence-electron chi connectivity index (χ4n) is 4.10. The van der Waals surface area contributed by atoms with E-state index in [0.29, 0.717) is 37.1 Å². The van der Waals surface area contributed by atoms with Crippen molar-refractivity contribution in [2.75, 3.05) is 19.8 Å². The van der Waals surface area contributed by atoms with Crippen molar-refractivity contribution in [3.8, 4) is 23.0 Å². The van der Waals surface area contributed by atoms with Crippen LogP contribution >= 0.6 is 0 Å². The number of benzene rings is 1. The zero-order valence-corrected chi connectivity index (χ0v) is 22.7. The second-order valence-electron chi connectivity index (χ2n) is 9.59. The summed E-state index contributed by atoms with van der Waals surface area (Å²) >= 11 is 0. The maximum absolute atomic E-state index is 10.5. The molecule has 198 valence electrons. The minimum absolute atomic E-state index is 0.135. The molecule has 4 heteroatoms. The highest BCUT2D eigenvalue weighted by Gasteiger charge is 2.18. The van der Waals surface area contributed by atoms with Gasteiger partial charge in [-0.2, -0.15) is 0 Å². The van der Waals surface area contributed by atoms with Crippen LogP contribution in [0, 0.1) is 0 Å². The maximum Gasteiger partial charge on any atom is 0.207 e. The van der Waals surface area contributed by atoms with Crippen LogP contribution in [0.1, 0.15) is 136 Å². The van der Waals surface area contributed by atoms with E-state index in [0.717, 1.165) is 25.7 Å². The van der Waals surface area contributed by atoms with E-state index in [2.05, 4.69) is 20.8 Å². The van der Waals surface area contributed by atoms with Gasteiger partial charge in [0, 0.05) is 0 Å². The standard InChI is InChI=1S/C30H54O4/c1-4-7-10-13-16-19-24-32-28-23-22-27(31)29(33-25-20-17-14-11-8-5-2)30(28)34-26-21-18-15-12-9-6-3/h22-23,31H,4-21,24-26H2,1-3H3. The molecule has 1 N–H and O–H groups in total. The molecular formula is C30H54O4. The van der Waals surface area contributed by atoms with Crippen molar-refractivity contribution < 1.29 is 19.3 Å². The first-order chi connectivity index (χ1) is 16.7. The fraction of sp³-hybridized carbons (Fsp3) is 0.800. The molecule has 0 unspecified atom stereocenters. The van der Waals surface area contributed by atoms with Gasteiger partial charge >= 0.3 is 0 Å². The van der Waals surface area contributed by atoms with Crippen LogP contribution in [0.15, 0.2) is 12.1 Å². The normalized spacial score (nSPS) is 11.0. The molecule has 0 radical (unpaired) electrons. The first-order valence-corrected chi connectivity index (χ1v) is 14.5. The quantitative estimate of drug-likeness (QED) is 0.150. The number of phenolic OH excluding ortho intramolecular Hbond substituents is 1. The molecule has 0 heterocycles. The Morgan fingerprint density at radius 2 is 0.853 bits per heavy atom. The van der Waals surface area contributed by atoms with Gasteiger partial charge in [-0.1, -0.05) is 117 Å². The SMILES string of the molecule is CCCCCCCCOc1ccc(O)c(OCCCCCCCC)c1OCCCCCCCC. The predicted molar refractivity (Wildman–Crippen MR) is 145 cm³/mol. The molecule has 0 aliphatic carbocycles. The lowest BCUT2D eigenvalue weighted by atomic mass is 10.1. The maximum atomic E-state index is 10.5. The van der Waals surface area contributed by atoms with E-state index in [1.54, 1.807) is 6.07 Å². The summed E-state index contributed by atoms with van der Waals surface area (Å²) in [5.41, 5.74) is 0. The van der Waals surface area contributed by atoms with Crippen LogP contribution < -0.4 is 14.2 Å². The van der Waals surface area contributed by atoms with Crippen molar-refractivity contribution in [2.24, 2.45) is 0 Å². The second-order valence-corrected chi connectivity index (χ2v) is 9.59. The van der Waals surface area contributed by atoms with E-state index in [4.69, 9.17) is 14.2 Å². The van der Waals surface area contributed by atoms with Gasteiger partial charge in [-0.3, -0.25) is 0 Å². The van der Waals surface area contributed by atoms with Gasteiger partial charge in [0.25, 0.3) is 0 Å². The van der Waals surface area contributed by atoms with E-state index in [1.165, 1.54) is 89.9 Å². The molecular weight excluding hydrogens is 424 g/mol. The van der Waals surface area contributed by atoms with Crippen molar-refractivity contribution in [1.29, 1.82) is 0 Å². The van der Waals surface area contributed by atoms with Gasteiger partial charge in [0.15, 0.2) is 11.5 Å². The Bertz CT molecular complexity index is 587. The summed E-state index contributed by atoms with van der Waals surface area (Å²) in [6.07, 6.45) is 21.9. The molecule has 0 bridgehead atoms. The van der Waals surface area contributed by atoms with Crippen molar-refractivity contribution in [3.05, 3.63) is 12.1 Å². The summed E-state index contributed by atoms with van der Waals surface area (Å²) in [5.74, 6) is 1.84. The summed E-state index contributed by atoms with van der Waals surface area (Å²) in [6, 6.07) is 3.49. The number of aromatic hydroxyl groups is 1. The molecule has 0 fully saturated rings. The lowest BCUT2D eigenvalue weighted by molar-refractivity contribution is 0.228. The zero-order chi connectivity index (χ0) is 24.7. The molecule has 0 atom stereocenters. The predicted octanol–water partition coefficient (Wildman–Crippen LogP) is 9.61. The van der Waals surface area contributed by atoms with Gasteiger partial charge in [0.05, 0.1) is 19.8 Å². The molecule has 0 aliphatic heterocycles. The minimum Gasteiger partial charge on any atom is -0.504 e. The van der Waals surface area contributed by atoms with E-state index in [-0.39, 0.29) is 5.75 Å². The van der Waals surface area contributed by atoms with Crippen LogP contribution in [0.5, 0.6) is 23.0 Å². The average Bonchev–Trinajstić information content (AvgIpc) is 2.84. The average molecular weight is 479 g/mol. The van der Waals surface area contributed by atoms with Crippen molar-refractivity contribution in [2.45, 2.75) is 136 Å². The summed E-state index contributed by atoms with van der Waals surface area (Å²) in [4.78, 5) is 0. The molecule has 1 rings (SSSR count). The minimum atomic E-state index is 0.135. The lowest BCUT2D eigenvalue weighted by Gasteiger charge is -2.18. The van der Waals surface area contributed by atoms with Gasteiger partial charge in [0.2, 0.25) is 11.5 Å². The Balaban J connectivity index is 2.61. The van der Waals surface area contributed by atoms with Crippen LogP contribution in [0.25, 0.3) is 0 Å². The van der Waals surface area contributed by atoms with Crippen molar-refractivity contribution in [3.63, 3.8) is 0 Å². The Morgan fingerprint density at radius 3 is 1.32 bits per heavy atom. The Kier molecular flexibility index (Phi) is 19.6. The molecule has 0 aromatic heterocycles. The van der Waals surface area contributed by atoms with Crippen LogP contribution in [0.4, 0.5) is 0 Å². The zero-order valence-electron chi connectivity index (χ0n) is 22.7. The highest BCUT2D eigenvalue weighted by atomic mass is 16.5. The first-order valence-electron chi connectivity index (χ1n) is 14.5. The van der Waals surface area contributed by atoms with Crippen LogP contribution in [-0.4, -0.2) is 24.9 Å². The number of ether oxygens (including phenoxy) is 3. The lowest BCUT2D eigenvalue weighted by Crippen LogP contribution is -2.06. The number of unbranched alkanes of at least 4 members (excludes halogenated alkanes) is 15. The van der Waals surface area contributed by atoms with Crippen molar-refractivity contribution in [1.82, 2.24) is 0 Å². The molecule has 0 amide bonds. The number of rotatable bonds is 24.